The monoisotopic (exact) mass is 134 g/mol. The molecule has 4 N–H and O–H groups in total. The molecule has 0 atom stereocenters. The highest BCUT2D eigenvalue weighted by Crippen LogP contribution is 2.17. The second-order valence-electron chi connectivity index (χ2n) is 1.78. The Balaban J connectivity index is 3.20. The quantitative estimate of drug-likeness (QED) is 0.515. The first-order valence-corrected chi connectivity index (χ1v) is 2.62. The lowest BCUT2D eigenvalue weighted by Gasteiger charge is -1.94. The van der Waals surface area contributed by atoms with Gasteiger partial charge in [0.15, 0.2) is 0 Å². The van der Waals surface area contributed by atoms with Crippen LogP contribution in [-0.4, -0.2) is 4.98 Å². The number of nitrogens with two attached hydrogens (primary N) is 2. The summed E-state index contributed by atoms with van der Waals surface area (Å²) in [5.41, 5.74) is 11.6. The van der Waals surface area contributed by atoms with Crippen LogP contribution in [0, 0.1) is 6.57 Å². The van der Waals surface area contributed by atoms with E-state index in [1.807, 2.05) is 0 Å². The Kier molecular flexibility index (Phi) is 1.42. The van der Waals surface area contributed by atoms with Crippen molar-refractivity contribution in [2.75, 3.05) is 11.5 Å². The maximum Gasteiger partial charge on any atom is 0.271 e. The van der Waals surface area contributed by atoms with Crippen molar-refractivity contribution in [1.29, 1.82) is 0 Å². The molecule has 50 valence electrons. The van der Waals surface area contributed by atoms with Crippen molar-refractivity contribution in [1.82, 2.24) is 4.98 Å². The van der Waals surface area contributed by atoms with E-state index in [9.17, 15) is 0 Å². The normalized spacial score (nSPS) is 8.70. The Morgan fingerprint density at radius 1 is 1.40 bits per heavy atom. The summed E-state index contributed by atoms with van der Waals surface area (Å²) in [6, 6.07) is 1.45. The topological polar surface area (TPSA) is 69.3 Å². The first kappa shape index (κ1) is 6.36. The van der Waals surface area contributed by atoms with Gasteiger partial charge in [0.1, 0.15) is 6.20 Å². The summed E-state index contributed by atoms with van der Waals surface area (Å²) >= 11 is 0. The standard InChI is InChI=1S/C6H6N4/c1-9-6-2-4(7)5(8)3-10-6/h2-3H,8H2,(H2,7,10). The van der Waals surface area contributed by atoms with Gasteiger partial charge in [-0.3, -0.25) is 0 Å². The number of hydrogen-bond donors (Lipinski definition) is 2. The minimum absolute atomic E-state index is 0.270. The second-order valence-corrected chi connectivity index (χ2v) is 1.78. The number of aromatic nitrogens is 1. The highest BCUT2D eigenvalue weighted by atomic mass is 14.9. The average Bonchev–Trinajstić information content (AvgIpc) is 1.95. The van der Waals surface area contributed by atoms with Crippen molar-refractivity contribution in [2.45, 2.75) is 0 Å². The van der Waals surface area contributed by atoms with Crippen LogP contribution in [0.25, 0.3) is 4.85 Å². The predicted octanol–water partition coefficient (Wildman–Crippen LogP) is 0.797. The van der Waals surface area contributed by atoms with Crippen molar-refractivity contribution in [3.8, 4) is 0 Å². The molecule has 10 heavy (non-hydrogen) atoms. The Bertz CT molecular complexity index is 286. The Labute approximate surface area is 58.3 Å². The highest BCUT2D eigenvalue weighted by Gasteiger charge is 1.97. The minimum atomic E-state index is 0.270. The van der Waals surface area contributed by atoms with Gasteiger partial charge in [-0.1, -0.05) is 6.57 Å². The molecular weight excluding hydrogens is 128 g/mol. The lowest BCUT2D eigenvalue weighted by molar-refractivity contribution is 1.36. The molecular formula is C6H6N4. The van der Waals surface area contributed by atoms with Gasteiger partial charge in [0, 0.05) is 5.69 Å². The van der Waals surface area contributed by atoms with Gasteiger partial charge in [-0.15, -0.1) is 4.98 Å². The summed E-state index contributed by atoms with van der Waals surface area (Å²) in [6.07, 6.45) is 1.38. The number of rotatable bonds is 0. The van der Waals surface area contributed by atoms with Gasteiger partial charge in [0.2, 0.25) is 0 Å². The SMILES string of the molecule is [C-]#[N+]c1cc(N)c(N)cn1. The average molecular weight is 134 g/mol. The second kappa shape index (κ2) is 2.23. The molecule has 4 nitrogen and oxygen atoms in total. The molecule has 0 saturated heterocycles. The zero-order chi connectivity index (χ0) is 7.56. The van der Waals surface area contributed by atoms with Crippen molar-refractivity contribution < 1.29 is 0 Å². The van der Waals surface area contributed by atoms with Gasteiger partial charge in [-0.05, 0) is 6.07 Å². The predicted molar refractivity (Wildman–Crippen MR) is 39.3 cm³/mol. The van der Waals surface area contributed by atoms with Gasteiger partial charge in [0.05, 0.1) is 5.69 Å². The fraction of sp³-hybridized carbons (Fsp3) is 0. The van der Waals surface area contributed by atoms with Gasteiger partial charge in [-0.2, -0.15) is 0 Å². The molecule has 0 bridgehead atoms. The smallest absolute Gasteiger partial charge is 0.271 e. The van der Waals surface area contributed by atoms with Crippen LogP contribution in [0.3, 0.4) is 0 Å². The molecule has 0 spiro atoms. The van der Waals surface area contributed by atoms with Gasteiger partial charge >= 0.3 is 0 Å². The maximum atomic E-state index is 6.58. The number of anilines is 2. The van der Waals surface area contributed by atoms with E-state index in [0.29, 0.717) is 11.4 Å². The van der Waals surface area contributed by atoms with Crippen molar-refractivity contribution in [3.63, 3.8) is 0 Å². The number of nitrogen functional groups attached to an aromatic ring is 2. The fourth-order valence-corrected chi connectivity index (χ4v) is 0.531. The van der Waals surface area contributed by atoms with E-state index in [4.69, 9.17) is 18.0 Å². The molecule has 1 heterocycles. The van der Waals surface area contributed by atoms with E-state index in [1.165, 1.54) is 12.3 Å². The van der Waals surface area contributed by atoms with Crippen LogP contribution < -0.4 is 11.5 Å². The van der Waals surface area contributed by atoms with Gasteiger partial charge < -0.3 is 16.3 Å². The zero-order valence-corrected chi connectivity index (χ0v) is 5.20. The van der Waals surface area contributed by atoms with Crippen molar-refractivity contribution >= 4 is 17.2 Å². The molecule has 0 fully saturated rings. The van der Waals surface area contributed by atoms with Crippen LogP contribution >= 0.6 is 0 Å². The third-order valence-electron chi connectivity index (χ3n) is 1.07. The van der Waals surface area contributed by atoms with E-state index >= 15 is 0 Å². The number of hydrogen-bond acceptors (Lipinski definition) is 3. The molecule has 0 aromatic carbocycles. The summed E-state index contributed by atoms with van der Waals surface area (Å²) in [6.45, 7) is 6.58. The molecule has 0 unspecified atom stereocenters. The minimum Gasteiger partial charge on any atom is -0.398 e. The molecule has 0 saturated carbocycles. The lowest BCUT2D eigenvalue weighted by atomic mass is 10.3. The Morgan fingerprint density at radius 3 is 2.60 bits per heavy atom. The molecule has 0 aliphatic heterocycles. The summed E-state index contributed by atoms with van der Waals surface area (Å²) in [5.74, 6) is 0.270. The van der Waals surface area contributed by atoms with E-state index in [0.717, 1.165) is 0 Å². The first-order chi connectivity index (χ1) is 4.74. The lowest BCUT2D eigenvalue weighted by Crippen LogP contribution is -1.94. The Hall–Kier alpha value is -1.76. The highest BCUT2D eigenvalue weighted by molar-refractivity contribution is 5.65. The van der Waals surface area contributed by atoms with Crippen LogP contribution in [0.1, 0.15) is 0 Å². The third-order valence-corrected chi connectivity index (χ3v) is 1.07. The van der Waals surface area contributed by atoms with Crippen LogP contribution in [0.4, 0.5) is 17.2 Å². The van der Waals surface area contributed by atoms with E-state index in [1.54, 1.807) is 0 Å². The summed E-state index contributed by atoms with van der Waals surface area (Å²) < 4.78 is 0. The molecule has 1 aromatic heterocycles. The third kappa shape index (κ3) is 0.977. The summed E-state index contributed by atoms with van der Waals surface area (Å²) in [4.78, 5) is 6.77. The van der Waals surface area contributed by atoms with E-state index < -0.39 is 0 Å². The Morgan fingerprint density at radius 2 is 2.10 bits per heavy atom. The molecule has 0 radical (unpaired) electrons. The molecule has 4 heteroatoms. The van der Waals surface area contributed by atoms with Gasteiger partial charge in [-0.25, -0.2) is 0 Å². The van der Waals surface area contributed by atoms with E-state index in [2.05, 4.69) is 9.83 Å². The molecule has 1 rings (SSSR count). The van der Waals surface area contributed by atoms with Gasteiger partial charge in [0.25, 0.3) is 5.82 Å². The first-order valence-electron chi connectivity index (χ1n) is 2.62. The summed E-state index contributed by atoms with van der Waals surface area (Å²) in [5, 5.41) is 0. The van der Waals surface area contributed by atoms with Crippen LogP contribution in [-0.2, 0) is 0 Å². The summed E-state index contributed by atoms with van der Waals surface area (Å²) in [7, 11) is 0. The molecule has 1 aromatic rings. The molecule has 0 aliphatic carbocycles. The van der Waals surface area contributed by atoms with Crippen LogP contribution in [0.2, 0.25) is 0 Å². The molecule has 0 aliphatic rings. The largest absolute Gasteiger partial charge is 0.398 e. The number of pyridine rings is 1. The van der Waals surface area contributed by atoms with Crippen LogP contribution in [0.15, 0.2) is 12.3 Å². The maximum absolute atomic E-state index is 6.58. The fourth-order valence-electron chi connectivity index (χ4n) is 0.531. The van der Waals surface area contributed by atoms with Crippen molar-refractivity contribution in [2.24, 2.45) is 0 Å². The van der Waals surface area contributed by atoms with Crippen LogP contribution in [0.5, 0.6) is 0 Å². The van der Waals surface area contributed by atoms with E-state index in [-0.39, 0.29) is 5.82 Å². The zero-order valence-electron chi connectivity index (χ0n) is 5.20. The number of nitrogens with zero attached hydrogens (tertiary/aromatic N) is 2. The molecule has 0 amide bonds. The van der Waals surface area contributed by atoms with Crippen molar-refractivity contribution in [3.05, 3.63) is 23.7 Å².